The highest BCUT2D eigenvalue weighted by molar-refractivity contribution is 5.92. The highest BCUT2D eigenvalue weighted by atomic mass is 19.3. The first kappa shape index (κ1) is 18.4. The number of rotatable bonds is 4. The lowest BCUT2D eigenvalue weighted by Gasteiger charge is -2.33. The van der Waals surface area contributed by atoms with Crippen LogP contribution in [0.1, 0.15) is 42.3 Å². The van der Waals surface area contributed by atoms with Gasteiger partial charge in [0.25, 0.3) is 5.91 Å². The Morgan fingerprint density at radius 1 is 1.42 bits per heavy atom. The van der Waals surface area contributed by atoms with Gasteiger partial charge in [0.2, 0.25) is 0 Å². The molecular weight excluding hydrogens is 324 g/mol. The van der Waals surface area contributed by atoms with Crippen LogP contribution in [0.15, 0.2) is 16.7 Å². The van der Waals surface area contributed by atoms with Crippen molar-refractivity contribution in [3.8, 4) is 0 Å². The molecule has 1 N–H and O–H groups in total. The van der Waals surface area contributed by atoms with E-state index in [2.05, 4.69) is 4.74 Å². The van der Waals surface area contributed by atoms with E-state index in [9.17, 15) is 23.5 Å². The Morgan fingerprint density at radius 2 is 2.12 bits per heavy atom. The van der Waals surface area contributed by atoms with Gasteiger partial charge in [-0.15, -0.1) is 0 Å². The lowest BCUT2D eigenvalue weighted by Crippen LogP contribution is -2.54. The molecule has 0 radical (unpaired) electrons. The van der Waals surface area contributed by atoms with Gasteiger partial charge in [0, 0.05) is 25.1 Å². The summed E-state index contributed by atoms with van der Waals surface area (Å²) >= 11 is 0. The normalized spacial score (nSPS) is 22.1. The van der Waals surface area contributed by atoms with E-state index in [4.69, 9.17) is 4.42 Å². The van der Waals surface area contributed by atoms with Crippen molar-refractivity contribution in [1.82, 2.24) is 4.90 Å². The van der Waals surface area contributed by atoms with Crippen molar-refractivity contribution >= 4 is 11.9 Å². The first-order valence-corrected chi connectivity index (χ1v) is 7.83. The van der Waals surface area contributed by atoms with Crippen molar-refractivity contribution in [2.24, 2.45) is 0 Å². The number of esters is 1. The summed E-state index contributed by atoms with van der Waals surface area (Å²) in [5.74, 6) is -6.03. The number of halogens is 2. The maximum absolute atomic E-state index is 14.3. The summed E-state index contributed by atoms with van der Waals surface area (Å²) in [4.78, 5) is 25.3. The predicted molar refractivity (Wildman–Crippen MR) is 79.7 cm³/mol. The van der Waals surface area contributed by atoms with Gasteiger partial charge in [-0.3, -0.25) is 4.79 Å². The molecule has 1 atom stereocenters. The smallest absolute Gasteiger partial charge is 0.380 e. The molecule has 1 amide bonds. The number of hydrogen-bond acceptors (Lipinski definition) is 5. The second-order valence-electron chi connectivity index (χ2n) is 5.90. The number of hydrogen-bond donors (Lipinski definition) is 1. The number of ether oxygens (including phenoxy) is 1. The van der Waals surface area contributed by atoms with E-state index in [1.165, 1.54) is 18.1 Å². The molecule has 2 rings (SSSR count). The van der Waals surface area contributed by atoms with Gasteiger partial charge in [-0.1, -0.05) is 0 Å². The van der Waals surface area contributed by atoms with Gasteiger partial charge in [0.15, 0.2) is 5.76 Å². The van der Waals surface area contributed by atoms with Crippen molar-refractivity contribution in [2.45, 2.75) is 44.6 Å². The van der Waals surface area contributed by atoms with E-state index in [1.807, 2.05) is 0 Å². The lowest BCUT2D eigenvalue weighted by molar-refractivity contribution is -0.216. The average Bonchev–Trinajstić information content (AvgIpc) is 2.84. The van der Waals surface area contributed by atoms with Crippen LogP contribution in [0.4, 0.5) is 8.78 Å². The summed E-state index contributed by atoms with van der Waals surface area (Å²) in [5.41, 5.74) is -1.89. The second kappa shape index (κ2) is 6.88. The highest BCUT2D eigenvalue weighted by Crippen LogP contribution is 2.38. The standard InChI is InChI=1S/C16H21F2NO5/c1-3-23-14(21)16(17,18)15(22)6-4-8-19(9-7-15)13(20)12-11(2)5-10-24-12/h5,10,22H,3-4,6-9H2,1-2H3. The molecule has 0 aliphatic carbocycles. The number of nitrogens with zero attached hydrogens (tertiary/aromatic N) is 1. The van der Waals surface area contributed by atoms with E-state index < -0.39 is 29.8 Å². The van der Waals surface area contributed by atoms with Crippen LogP contribution in [-0.2, 0) is 9.53 Å². The number of carbonyl (C=O) groups is 2. The van der Waals surface area contributed by atoms with Crippen molar-refractivity contribution in [1.29, 1.82) is 0 Å². The average molecular weight is 345 g/mol. The van der Waals surface area contributed by atoms with Crippen LogP contribution in [0.3, 0.4) is 0 Å². The third-order valence-electron chi connectivity index (χ3n) is 4.27. The van der Waals surface area contributed by atoms with E-state index >= 15 is 0 Å². The Kier molecular flexibility index (Phi) is 5.27. The summed E-state index contributed by atoms with van der Waals surface area (Å²) in [7, 11) is 0. The highest BCUT2D eigenvalue weighted by Gasteiger charge is 2.59. The van der Waals surface area contributed by atoms with Gasteiger partial charge in [0.05, 0.1) is 12.9 Å². The third kappa shape index (κ3) is 3.28. The Balaban J connectivity index is 2.13. The van der Waals surface area contributed by atoms with Gasteiger partial charge in [-0.25, -0.2) is 4.79 Å². The first-order chi connectivity index (χ1) is 11.2. The molecule has 1 unspecified atom stereocenters. The minimum atomic E-state index is -4.03. The molecule has 6 nitrogen and oxygen atoms in total. The Hall–Kier alpha value is -1.96. The molecule has 1 aliphatic rings. The van der Waals surface area contributed by atoms with Crippen molar-refractivity contribution < 1.29 is 32.6 Å². The minimum absolute atomic E-state index is 0.107. The number of furan rings is 1. The van der Waals surface area contributed by atoms with Gasteiger partial charge < -0.3 is 19.2 Å². The van der Waals surface area contributed by atoms with Gasteiger partial charge in [0.1, 0.15) is 5.60 Å². The summed E-state index contributed by atoms with van der Waals surface area (Å²) < 4.78 is 38.1. The maximum Gasteiger partial charge on any atom is 0.380 e. The monoisotopic (exact) mass is 345 g/mol. The molecule has 0 spiro atoms. The van der Waals surface area contributed by atoms with Crippen molar-refractivity contribution in [3.63, 3.8) is 0 Å². The fourth-order valence-electron chi connectivity index (χ4n) is 2.78. The zero-order valence-electron chi connectivity index (χ0n) is 13.7. The van der Waals surface area contributed by atoms with Crippen LogP contribution in [0.2, 0.25) is 0 Å². The quantitative estimate of drug-likeness (QED) is 0.846. The van der Waals surface area contributed by atoms with Crippen molar-refractivity contribution in [2.75, 3.05) is 19.7 Å². The second-order valence-corrected chi connectivity index (χ2v) is 5.90. The molecule has 1 aliphatic heterocycles. The molecule has 1 saturated heterocycles. The fourth-order valence-corrected chi connectivity index (χ4v) is 2.78. The molecule has 1 aromatic heterocycles. The van der Waals surface area contributed by atoms with Crippen molar-refractivity contribution in [3.05, 3.63) is 23.7 Å². The predicted octanol–water partition coefficient (Wildman–Crippen LogP) is 2.14. The molecule has 0 bridgehead atoms. The van der Waals surface area contributed by atoms with Crippen LogP contribution in [0.5, 0.6) is 0 Å². The molecule has 8 heteroatoms. The number of amides is 1. The van der Waals surface area contributed by atoms with Crippen LogP contribution in [0, 0.1) is 6.92 Å². The summed E-state index contributed by atoms with van der Waals surface area (Å²) in [6.45, 7) is 3.01. The third-order valence-corrected chi connectivity index (χ3v) is 4.27. The van der Waals surface area contributed by atoms with Crippen LogP contribution in [0.25, 0.3) is 0 Å². The molecule has 0 saturated carbocycles. The SMILES string of the molecule is CCOC(=O)C(F)(F)C1(O)CCCN(C(=O)c2occc2C)CC1. The summed E-state index contributed by atoms with van der Waals surface area (Å²) in [5, 5.41) is 10.3. The van der Waals surface area contributed by atoms with Gasteiger partial charge >= 0.3 is 11.9 Å². The number of likely N-dealkylation sites (tertiary alicyclic amines) is 1. The molecule has 0 aromatic carbocycles. The van der Waals surface area contributed by atoms with Crippen LogP contribution in [-0.4, -0.2) is 53.1 Å². The maximum atomic E-state index is 14.3. The number of aryl methyl sites for hydroxylation is 1. The largest absolute Gasteiger partial charge is 0.461 e. The molecule has 1 aromatic rings. The summed E-state index contributed by atoms with van der Waals surface area (Å²) in [6, 6.07) is 1.64. The van der Waals surface area contributed by atoms with E-state index in [0.717, 1.165) is 0 Å². The molecular formula is C16H21F2NO5. The molecule has 2 heterocycles. The van der Waals surface area contributed by atoms with Gasteiger partial charge in [-0.05, 0) is 32.8 Å². The van der Waals surface area contributed by atoms with E-state index in [1.54, 1.807) is 13.0 Å². The van der Waals surface area contributed by atoms with E-state index in [-0.39, 0.29) is 38.3 Å². The van der Waals surface area contributed by atoms with Crippen LogP contribution < -0.4 is 0 Å². The Labute approximate surface area is 138 Å². The molecule has 24 heavy (non-hydrogen) atoms. The van der Waals surface area contributed by atoms with Crippen LogP contribution >= 0.6 is 0 Å². The molecule has 134 valence electrons. The minimum Gasteiger partial charge on any atom is -0.461 e. The first-order valence-electron chi connectivity index (χ1n) is 7.83. The zero-order valence-corrected chi connectivity index (χ0v) is 13.7. The van der Waals surface area contributed by atoms with E-state index in [0.29, 0.717) is 5.56 Å². The number of alkyl halides is 2. The molecule has 1 fully saturated rings. The zero-order chi connectivity index (χ0) is 18.0. The van der Waals surface area contributed by atoms with Gasteiger partial charge in [-0.2, -0.15) is 8.78 Å². The number of carbonyl (C=O) groups excluding carboxylic acids is 2. The fraction of sp³-hybridized carbons (Fsp3) is 0.625. The summed E-state index contributed by atoms with van der Waals surface area (Å²) in [6.07, 6.45) is 0.784. The Morgan fingerprint density at radius 3 is 2.71 bits per heavy atom. The lowest BCUT2D eigenvalue weighted by atomic mass is 9.87. The Bertz CT molecular complexity index is 615. The topological polar surface area (TPSA) is 80.0 Å². The number of aliphatic hydroxyl groups is 1.